The first-order chi connectivity index (χ1) is 15.7. The van der Waals surface area contributed by atoms with Crippen molar-refractivity contribution in [3.8, 4) is 16.8 Å². The van der Waals surface area contributed by atoms with Gasteiger partial charge < -0.3 is 10.5 Å². The Morgan fingerprint density at radius 2 is 1.88 bits per heavy atom. The van der Waals surface area contributed by atoms with E-state index in [2.05, 4.69) is 32.5 Å². The third-order valence-corrected chi connectivity index (χ3v) is 6.21. The average molecular weight is 433 g/mol. The molecule has 1 aromatic carbocycles. The number of nitrogens with two attached hydrogens (primary N) is 1. The number of benzene rings is 1. The minimum Gasteiger partial charge on any atom is -0.383 e. The van der Waals surface area contributed by atoms with Crippen molar-refractivity contribution >= 4 is 11.2 Å². The van der Waals surface area contributed by atoms with Crippen LogP contribution in [-0.4, -0.2) is 54.5 Å². The van der Waals surface area contributed by atoms with Gasteiger partial charge in [-0.2, -0.15) is 9.78 Å². The van der Waals surface area contributed by atoms with Crippen molar-refractivity contribution < 1.29 is 4.74 Å². The number of ether oxygens (including phenoxy) is 1. The van der Waals surface area contributed by atoms with Gasteiger partial charge in [0.2, 0.25) is 0 Å². The molecular weight excluding hydrogens is 404 g/mol. The highest BCUT2D eigenvalue weighted by Gasteiger charge is 2.20. The van der Waals surface area contributed by atoms with Gasteiger partial charge in [0.25, 0.3) is 0 Å². The van der Waals surface area contributed by atoms with E-state index >= 15 is 0 Å². The first kappa shape index (κ1) is 20.7. The van der Waals surface area contributed by atoms with Crippen LogP contribution in [-0.2, 0) is 17.7 Å². The lowest BCUT2D eigenvalue weighted by Crippen LogP contribution is -2.27. The molecule has 4 aromatic rings. The van der Waals surface area contributed by atoms with Crippen LogP contribution in [0.3, 0.4) is 0 Å². The average Bonchev–Trinajstić information content (AvgIpc) is 3.46. The molecule has 0 amide bonds. The van der Waals surface area contributed by atoms with Crippen molar-refractivity contribution in [2.45, 2.75) is 44.7 Å². The van der Waals surface area contributed by atoms with E-state index in [1.165, 1.54) is 0 Å². The van der Waals surface area contributed by atoms with Gasteiger partial charge in [0, 0.05) is 31.3 Å². The first-order valence-electron chi connectivity index (χ1n) is 11.1. The van der Waals surface area contributed by atoms with E-state index < -0.39 is 0 Å². The molecule has 9 nitrogen and oxygen atoms in total. The van der Waals surface area contributed by atoms with Crippen LogP contribution in [0.5, 0.6) is 0 Å². The lowest BCUT2D eigenvalue weighted by molar-refractivity contribution is 0.183. The molecule has 0 radical (unpaired) electrons. The standard InChI is InChI=1S/C23H28N8O/c1-32-11-10-30-15-18(13-26-30)17-4-8-20(9-5-17)31-23-21(28-29-31)14-25-22(27-23)12-16-2-6-19(24)7-3-16/h4-5,8-9,13-16,19H,2-3,6-7,10-12,24H2,1H3. The highest BCUT2D eigenvalue weighted by molar-refractivity contribution is 5.71. The van der Waals surface area contributed by atoms with Gasteiger partial charge in [-0.15, -0.1) is 5.10 Å². The molecule has 2 N–H and O–H groups in total. The van der Waals surface area contributed by atoms with Gasteiger partial charge in [-0.3, -0.25) is 4.68 Å². The quantitative estimate of drug-likeness (QED) is 0.478. The summed E-state index contributed by atoms with van der Waals surface area (Å²) in [7, 11) is 1.69. The van der Waals surface area contributed by atoms with Gasteiger partial charge in [0.05, 0.1) is 31.2 Å². The predicted octanol–water partition coefficient (Wildman–Crippen LogP) is 2.78. The highest BCUT2D eigenvalue weighted by atomic mass is 16.5. The Kier molecular flexibility index (Phi) is 5.91. The Morgan fingerprint density at radius 1 is 1.06 bits per heavy atom. The minimum absolute atomic E-state index is 0.350. The van der Waals surface area contributed by atoms with Gasteiger partial charge in [-0.05, 0) is 49.3 Å². The number of hydrogen-bond acceptors (Lipinski definition) is 7. The lowest BCUT2D eigenvalue weighted by atomic mass is 9.84. The number of aromatic nitrogens is 7. The Morgan fingerprint density at radius 3 is 2.66 bits per heavy atom. The molecule has 3 heterocycles. The maximum Gasteiger partial charge on any atom is 0.187 e. The lowest BCUT2D eigenvalue weighted by Gasteiger charge is -2.25. The number of nitrogens with zero attached hydrogens (tertiary/aromatic N) is 7. The smallest absolute Gasteiger partial charge is 0.187 e. The zero-order valence-corrected chi connectivity index (χ0v) is 18.3. The Hall–Kier alpha value is -3.17. The molecule has 5 rings (SSSR count). The van der Waals surface area contributed by atoms with Crippen LogP contribution in [0.25, 0.3) is 28.0 Å². The molecule has 1 aliphatic rings. The highest BCUT2D eigenvalue weighted by Crippen LogP contribution is 2.26. The number of rotatable bonds is 7. The van der Waals surface area contributed by atoms with E-state index in [1.54, 1.807) is 18.0 Å². The van der Waals surface area contributed by atoms with Crippen LogP contribution in [0.4, 0.5) is 0 Å². The second-order valence-corrected chi connectivity index (χ2v) is 8.51. The van der Waals surface area contributed by atoms with Crippen LogP contribution >= 0.6 is 0 Å². The predicted molar refractivity (Wildman–Crippen MR) is 121 cm³/mol. The van der Waals surface area contributed by atoms with Gasteiger partial charge in [-0.25, -0.2) is 9.97 Å². The summed E-state index contributed by atoms with van der Waals surface area (Å²) in [6.07, 6.45) is 11.0. The molecule has 1 saturated carbocycles. The largest absolute Gasteiger partial charge is 0.383 e. The van der Waals surface area contributed by atoms with Crippen molar-refractivity contribution in [3.05, 3.63) is 48.7 Å². The zero-order valence-electron chi connectivity index (χ0n) is 18.3. The SMILES string of the molecule is COCCn1cc(-c2ccc(-n3nnc4cnc(CC5CCC(N)CC5)nc43)cc2)cn1. The topological polar surface area (TPSA) is 110 Å². The summed E-state index contributed by atoms with van der Waals surface area (Å²) < 4.78 is 8.78. The molecule has 3 aromatic heterocycles. The van der Waals surface area contributed by atoms with Gasteiger partial charge in [0.15, 0.2) is 11.2 Å². The van der Waals surface area contributed by atoms with Gasteiger partial charge in [-0.1, -0.05) is 17.3 Å². The van der Waals surface area contributed by atoms with E-state index in [1.807, 2.05) is 29.2 Å². The third kappa shape index (κ3) is 4.39. The maximum absolute atomic E-state index is 6.04. The molecule has 1 fully saturated rings. The monoisotopic (exact) mass is 432 g/mol. The van der Waals surface area contributed by atoms with Crippen LogP contribution < -0.4 is 5.73 Å². The van der Waals surface area contributed by atoms with Crippen molar-refractivity contribution in [3.63, 3.8) is 0 Å². The zero-order chi connectivity index (χ0) is 21.9. The van der Waals surface area contributed by atoms with Crippen molar-refractivity contribution in [2.75, 3.05) is 13.7 Å². The van der Waals surface area contributed by atoms with Crippen LogP contribution in [0, 0.1) is 5.92 Å². The van der Waals surface area contributed by atoms with Crippen molar-refractivity contribution in [1.82, 2.24) is 34.7 Å². The molecular formula is C23H28N8O. The first-order valence-corrected chi connectivity index (χ1v) is 11.1. The maximum atomic E-state index is 6.04. The molecule has 0 unspecified atom stereocenters. The fourth-order valence-corrected chi connectivity index (χ4v) is 4.30. The Bertz CT molecular complexity index is 1170. The molecule has 32 heavy (non-hydrogen) atoms. The minimum atomic E-state index is 0.350. The Balaban J connectivity index is 1.35. The van der Waals surface area contributed by atoms with Crippen molar-refractivity contribution in [1.29, 1.82) is 0 Å². The summed E-state index contributed by atoms with van der Waals surface area (Å²) >= 11 is 0. The summed E-state index contributed by atoms with van der Waals surface area (Å²) in [4.78, 5) is 9.34. The van der Waals surface area contributed by atoms with Crippen LogP contribution in [0.15, 0.2) is 42.9 Å². The van der Waals surface area contributed by atoms with Gasteiger partial charge >= 0.3 is 0 Å². The molecule has 0 aliphatic heterocycles. The summed E-state index contributed by atoms with van der Waals surface area (Å²) in [5, 5.41) is 13.0. The van der Waals surface area contributed by atoms with E-state index in [4.69, 9.17) is 15.5 Å². The summed E-state index contributed by atoms with van der Waals surface area (Å²) in [5.41, 5.74) is 10.5. The number of hydrogen-bond donors (Lipinski definition) is 1. The van der Waals surface area contributed by atoms with Crippen molar-refractivity contribution in [2.24, 2.45) is 11.7 Å². The van der Waals surface area contributed by atoms with Gasteiger partial charge in [0.1, 0.15) is 5.82 Å². The van der Waals surface area contributed by atoms with E-state index in [9.17, 15) is 0 Å². The summed E-state index contributed by atoms with van der Waals surface area (Å²) in [5.74, 6) is 1.45. The molecule has 1 aliphatic carbocycles. The molecule has 166 valence electrons. The van der Waals surface area contributed by atoms with E-state index in [0.29, 0.717) is 24.1 Å². The second-order valence-electron chi connectivity index (χ2n) is 8.51. The molecule has 0 saturated heterocycles. The molecule has 0 atom stereocenters. The van der Waals surface area contributed by atoms with Crippen LogP contribution in [0.2, 0.25) is 0 Å². The van der Waals surface area contributed by atoms with E-state index in [0.717, 1.165) is 66.9 Å². The molecule has 0 bridgehead atoms. The Labute approximate surface area is 186 Å². The molecule has 9 heteroatoms. The normalized spacial score (nSPS) is 18.9. The number of methoxy groups -OCH3 is 1. The molecule has 0 spiro atoms. The second kappa shape index (κ2) is 9.13. The fraction of sp³-hybridized carbons (Fsp3) is 0.435. The third-order valence-electron chi connectivity index (χ3n) is 6.21. The summed E-state index contributed by atoms with van der Waals surface area (Å²) in [6.45, 7) is 1.37. The fourth-order valence-electron chi connectivity index (χ4n) is 4.30. The van der Waals surface area contributed by atoms with Crippen LogP contribution in [0.1, 0.15) is 31.5 Å². The summed E-state index contributed by atoms with van der Waals surface area (Å²) in [6, 6.07) is 8.53. The number of fused-ring (bicyclic) bond motifs is 1. The van der Waals surface area contributed by atoms with E-state index in [-0.39, 0.29) is 0 Å².